The van der Waals surface area contributed by atoms with Crippen LogP contribution < -0.4 is 0 Å². The summed E-state index contributed by atoms with van der Waals surface area (Å²) in [6, 6.07) is 0. The number of aliphatic hydroxyl groups is 1. The highest BCUT2D eigenvalue weighted by Gasteiger charge is 2.07. The van der Waals surface area contributed by atoms with Crippen molar-refractivity contribution in [3.8, 4) is 0 Å². The predicted molar refractivity (Wildman–Crippen MR) is 49.5 cm³/mol. The molecule has 0 saturated heterocycles. The molecule has 0 saturated carbocycles. The van der Waals surface area contributed by atoms with Crippen LogP contribution in [0.15, 0.2) is 5.16 Å². The molecular formula is C7H9ClN2OS. The third-order valence-corrected chi connectivity index (χ3v) is 2.34. The molecule has 0 radical (unpaired) electrons. The number of nitrogens with zero attached hydrogens (tertiary/aromatic N) is 2. The monoisotopic (exact) mass is 204 g/mol. The molecule has 0 amide bonds. The first-order valence-electron chi connectivity index (χ1n) is 3.37. The van der Waals surface area contributed by atoms with E-state index in [1.165, 1.54) is 11.8 Å². The molecule has 0 aliphatic carbocycles. The number of aryl methyl sites for hydroxylation is 1. The molecule has 66 valence electrons. The fourth-order valence-electron chi connectivity index (χ4n) is 0.808. The zero-order valence-corrected chi connectivity index (χ0v) is 8.41. The zero-order valence-electron chi connectivity index (χ0n) is 6.83. The lowest BCUT2D eigenvalue weighted by molar-refractivity contribution is 0.279. The standard InChI is InChI=1S/C7H9ClN2OS/c1-4-5(3-11)6(8)10-7(9-4)12-2/h11H,3H2,1-2H3. The van der Waals surface area contributed by atoms with Gasteiger partial charge in [0.25, 0.3) is 0 Å². The quantitative estimate of drug-likeness (QED) is 0.452. The van der Waals surface area contributed by atoms with Gasteiger partial charge >= 0.3 is 0 Å². The molecule has 3 nitrogen and oxygen atoms in total. The molecule has 0 spiro atoms. The van der Waals surface area contributed by atoms with Gasteiger partial charge in [0.2, 0.25) is 0 Å². The Bertz CT molecular complexity index is 270. The smallest absolute Gasteiger partial charge is 0.188 e. The third-order valence-electron chi connectivity index (χ3n) is 1.48. The second-order valence-electron chi connectivity index (χ2n) is 2.22. The van der Waals surface area contributed by atoms with Crippen LogP contribution in [0.5, 0.6) is 0 Å². The maximum Gasteiger partial charge on any atom is 0.188 e. The van der Waals surface area contributed by atoms with E-state index in [0.717, 1.165) is 5.69 Å². The third kappa shape index (κ3) is 1.88. The first kappa shape index (κ1) is 9.77. The van der Waals surface area contributed by atoms with Crippen molar-refractivity contribution in [2.45, 2.75) is 18.7 Å². The molecule has 1 aromatic heterocycles. The Morgan fingerprint density at radius 2 is 2.17 bits per heavy atom. The van der Waals surface area contributed by atoms with E-state index in [9.17, 15) is 0 Å². The fourth-order valence-corrected chi connectivity index (χ4v) is 1.55. The number of aliphatic hydroxyl groups excluding tert-OH is 1. The van der Waals surface area contributed by atoms with Crippen molar-refractivity contribution in [2.75, 3.05) is 6.26 Å². The summed E-state index contributed by atoms with van der Waals surface area (Å²) in [5.74, 6) is 0. The van der Waals surface area contributed by atoms with Crippen molar-refractivity contribution in [1.82, 2.24) is 9.97 Å². The molecule has 0 fully saturated rings. The minimum Gasteiger partial charge on any atom is -0.391 e. The molecule has 0 aliphatic rings. The summed E-state index contributed by atoms with van der Waals surface area (Å²) >= 11 is 7.22. The summed E-state index contributed by atoms with van der Waals surface area (Å²) in [6.45, 7) is 1.69. The number of hydrogen-bond acceptors (Lipinski definition) is 4. The largest absolute Gasteiger partial charge is 0.391 e. The fraction of sp³-hybridized carbons (Fsp3) is 0.429. The topological polar surface area (TPSA) is 46.0 Å². The molecule has 0 unspecified atom stereocenters. The van der Waals surface area contributed by atoms with Gasteiger partial charge in [-0.1, -0.05) is 23.4 Å². The van der Waals surface area contributed by atoms with Crippen LogP contribution in [-0.2, 0) is 6.61 Å². The summed E-state index contributed by atoms with van der Waals surface area (Å²) in [5, 5.41) is 9.87. The van der Waals surface area contributed by atoms with E-state index in [-0.39, 0.29) is 6.61 Å². The summed E-state index contributed by atoms with van der Waals surface area (Å²) in [4.78, 5) is 8.11. The SMILES string of the molecule is CSc1nc(C)c(CO)c(Cl)n1. The van der Waals surface area contributed by atoms with Gasteiger partial charge in [0, 0.05) is 11.3 Å². The molecule has 5 heteroatoms. The highest BCUT2D eigenvalue weighted by molar-refractivity contribution is 7.98. The van der Waals surface area contributed by atoms with Gasteiger partial charge in [-0.3, -0.25) is 0 Å². The zero-order chi connectivity index (χ0) is 9.14. The molecule has 0 aliphatic heterocycles. The first-order valence-corrected chi connectivity index (χ1v) is 4.97. The van der Waals surface area contributed by atoms with Crippen molar-refractivity contribution in [2.24, 2.45) is 0 Å². The molecule has 0 atom stereocenters. The number of rotatable bonds is 2. The summed E-state index contributed by atoms with van der Waals surface area (Å²) in [5.41, 5.74) is 1.34. The molecule has 12 heavy (non-hydrogen) atoms. The van der Waals surface area contributed by atoms with Crippen molar-refractivity contribution in [1.29, 1.82) is 0 Å². The number of aromatic nitrogens is 2. The van der Waals surface area contributed by atoms with Crippen LogP contribution in [0.4, 0.5) is 0 Å². The molecule has 0 aromatic carbocycles. The van der Waals surface area contributed by atoms with Crippen LogP contribution >= 0.6 is 23.4 Å². The summed E-state index contributed by atoms with van der Waals surface area (Å²) in [7, 11) is 0. The van der Waals surface area contributed by atoms with Gasteiger partial charge in [0.1, 0.15) is 5.15 Å². The Labute approximate surface area is 80.2 Å². The average molecular weight is 205 g/mol. The van der Waals surface area contributed by atoms with Crippen molar-refractivity contribution in [3.05, 3.63) is 16.4 Å². The van der Waals surface area contributed by atoms with Gasteiger partial charge < -0.3 is 5.11 Å². The first-order chi connectivity index (χ1) is 5.69. The second-order valence-corrected chi connectivity index (χ2v) is 3.35. The van der Waals surface area contributed by atoms with E-state index >= 15 is 0 Å². The van der Waals surface area contributed by atoms with Crippen LogP contribution in [0.3, 0.4) is 0 Å². The van der Waals surface area contributed by atoms with Gasteiger partial charge in [-0.2, -0.15) is 0 Å². The van der Waals surface area contributed by atoms with Gasteiger partial charge in [-0.25, -0.2) is 9.97 Å². The number of hydrogen-bond donors (Lipinski definition) is 1. The lowest BCUT2D eigenvalue weighted by Gasteiger charge is -2.04. The maximum atomic E-state index is 8.89. The van der Waals surface area contributed by atoms with Crippen LogP contribution in [-0.4, -0.2) is 21.3 Å². The minimum atomic E-state index is -0.112. The molecule has 1 N–H and O–H groups in total. The van der Waals surface area contributed by atoms with Gasteiger partial charge in [0.05, 0.1) is 6.61 Å². The molecule has 0 bridgehead atoms. The van der Waals surface area contributed by atoms with Crippen molar-refractivity contribution >= 4 is 23.4 Å². The normalized spacial score (nSPS) is 10.3. The Morgan fingerprint density at radius 1 is 1.50 bits per heavy atom. The van der Waals surface area contributed by atoms with Crippen LogP contribution in [0, 0.1) is 6.92 Å². The van der Waals surface area contributed by atoms with Gasteiger partial charge in [-0.15, -0.1) is 0 Å². The lowest BCUT2D eigenvalue weighted by atomic mass is 10.3. The molecule has 1 rings (SSSR count). The van der Waals surface area contributed by atoms with Crippen LogP contribution in [0.25, 0.3) is 0 Å². The maximum absolute atomic E-state index is 8.89. The van der Waals surface area contributed by atoms with E-state index < -0.39 is 0 Å². The average Bonchev–Trinajstić information content (AvgIpc) is 2.03. The van der Waals surface area contributed by atoms with Crippen molar-refractivity contribution in [3.63, 3.8) is 0 Å². The molecule has 1 heterocycles. The molecular weight excluding hydrogens is 196 g/mol. The predicted octanol–water partition coefficient (Wildman–Crippen LogP) is 1.65. The van der Waals surface area contributed by atoms with E-state index in [0.29, 0.717) is 15.9 Å². The Morgan fingerprint density at radius 3 is 2.58 bits per heavy atom. The second kappa shape index (κ2) is 4.07. The van der Waals surface area contributed by atoms with E-state index in [2.05, 4.69) is 9.97 Å². The number of thioether (sulfide) groups is 1. The van der Waals surface area contributed by atoms with E-state index in [1.54, 1.807) is 6.92 Å². The Kier molecular flexibility index (Phi) is 3.31. The van der Waals surface area contributed by atoms with Crippen LogP contribution in [0.2, 0.25) is 5.15 Å². The minimum absolute atomic E-state index is 0.112. The Hall–Kier alpha value is -0.320. The lowest BCUT2D eigenvalue weighted by Crippen LogP contribution is -1.98. The van der Waals surface area contributed by atoms with Crippen LogP contribution in [0.1, 0.15) is 11.3 Å². The number of halogens is 1. The van der Waals surface area contributed by atoms with Gasteiger partial charge in [-0.05, 0) is 13.2 Å². The Balaban J connectivity index is 3.18. The highest BCUT2D eigenvalue weighted by atomic mass is 35.5. The highest BCUT2D eigenvalue weighted by Crippen LogP contribution is 2.19. The van der Waals surface area contributed by atoms with Crippen molar-refractivity contribution < 1.29 is 5.11 Å². The summed E-state index contributed by atoms with van der Waals surface area (Å²) < 4.78 is 0. The van der Waals surface area contributed by atoms with E-state index in [1.807, 2.05) is 6.26 Å². The van der Waals surface area contributed by atoms with Gasteiger partial charge in [0.15, 0.2) is 5.16 Å². The van der Waals surface area contributed by atoms with E-state index in [4.69, 9.17) is 16.7 Å². The summed E-state index contributed by atoms with van der Waals surface area (Å²) in [6.07, 6.45) is 1.88. The molecule has 1 aromatic rings.